The molecule has 1 fully saturated rings. The topological polar surface area (TPSA) is 27.0 Å². The summed E-state index contributed by atoms with van der Waals surface area (Å²) < 4.78 is 1.14. The molecule has 0 N–H and O–H groups in total. The highest BCUT2D eigenvalue weighted by molar-refractivity contribution is 9.11. The van der Waals surface area contributed by atoms with Gasteiger partial charge in [-0.05, 0) is 55.0 Å². The fourth-order valence-electron chi connectivity index (χ4n) is 2.08. The van der Waals surface area contributed by atoms with Crippen molar-refractivity contribution < 1.29 is 0 Å². The smallest absolute Gasteiger partial charge is 0.0779 e. The van der Waals surface area contributed by atoms with E-state index in [0.29, 0.717) is 0 Å². The summed E-state index contributed by atoms with van der Waals surface area (Å²) in [5.74, 6) is 0. The predicted octanol–water partition coefficient (Wildman–Crippen LogP) is 3.42. The zero-order chi connectivity index (χ0) is 11.1. The molecule has 80 valence electrons. The fourth-order valence-corrected chi connectivity index (χ4v) is 3.82. The molecule has 15 heavy (non-hydrogen) atoms. The van der Waals surface area contributed by atoms with E-state index >= 15 is 0 Å². The lowest BCUT2D eigenvalue weighted by molar-refractivity contribution is 0.236. The van der Waals surface area contributed by atoms with Gasteiger partial charge in [0.15, 0.2) is 0 Å². The summed E-state index contributed by atoms with van der Waals surface area (Å²) >= 11 is 5.21. The first-order valence-corrected chi connectivity index (χ1v) is 6.53. The zero-order valence-corrected chi connectivity index (χ0v) is 11.2. The predicted molar refractivity (Wildman–Crippen MR) is 65.7 cm³/mol. The summed E-state index contributed by atoms with van der Waals surface area (Å²) in [5, 5.41) is 9.26. The maximum Gasteiger partial charge on any atom is 0.0779 e. The summed E-state index contributed by atoms with van der Waals surface area (Å²) in [6.07, 6.45) is 2.06. The molecule has 2 rings (SSSR count). The molecule has 0 amide bonds. The molecule has 4 heteroatoms. The highest BCUT2D eigenvalue weighted by Gasteiger charge is 2.52. The summed E-state index contributed by atoms with van der Waals surface area (Å²) in [6, 6.07) is 6.92. The Morgan fingerprint density at radius 2 is 2.20 bits per heavy atom. The van der Waals surface area contributed by atoms with Crippen molar-refractivity contribution in [3.63, 3.8) is 0 Å². The van der Waals surface area contributed by atoms with Crippen molar-refractivity contribution in [3.8, 4) is 6.07 Å². The van der Waals surface area contributed by atoms with E-state index in [1.807, 2.05) is 0 Å². The molecule has 0 bridgehead atoms. The molecule has 1 heterocycles. The van der Waals surface area contributed by atoms with Gasteiger partial charge in [0.25, 0.3) is 0 Å². The normalized spacial score (nSPS) is 19.9. The van der Waals surface area contributed by atoms with Crippen LogP contribution in [0.2, 0.25) is 0 Å². The number of hydrogen-bond acceptors (Lipinski definition) is 3. The average Bonchev–Trinajstić information content (AvgIpc) is 2.84. The molecule has 0 saturated heterocycles. The van der Waals surface area contributed by atoms with Crippen LogP contribution in [0.1, 0.15) is 23.8 Å². The van der Waals surface area contributed by atoms with Crippen LogP contribution in [0.5, 0.6) is 0 Å². The van der Waals surface area contributed by atoms with E-state index < -0.39 is 0 Å². The zero-order valence-electron chi connectivity index (χ0n) is 8.83. The third-order valence-corrected chi connectivity index (χ3v) is 4.59. The van der Waals surface area contributed by atoms with Crippen molar-refractivity contribution in [2.45, 2.75) is 18.9 Å². The molecule has 0 aliphatic heterocycles. The lowest BCUT2D eigenvalue weighted by Crippen LogP contribution is -2.27. The molecule has 1 saturated carbocycles. The molecule has 1 aliphatic rings. The molecular formula is C11H13BrN2S. The van der Waals surface area contributed by atoms with Crippen molar-refractivity contribution >= 4 is 27.3 Å². The van der Waals surface area contributed by atoms with Crippen LogP contribution in [-0.4, -0.2) is 19.0 Å². The maximum atomic E-state index is 9.26. The van der Waals surface area contributed by atoms with Crippen molar-refractivity contribution in [2.24, 2.45) is 5.41 Å². The monoisotopic (exact) mass is 284 g/mol. The minimum atomic E-state index is -0.131. The first-order chi connectivity index (χ1) is 7.09. The molecule has 0 spiro atoms. The van der Waals surface area contributed by atoms with E-state index in [1.165, 1.54) is 4.88 Å². The van der Waals surface area contributed by atoms with Crippen molar-refractivity contribution in [1.82, 2.24) is 4.90 Å². The Bertz CT molecular complexity index is 401. The van der Waals surface area contributed by atoms with E-state index in [9.17, 15) is 5.26 Å². The van der Waals surface area contributed by atoms with Crippen LogP contribution < -0.4 is 0 Å². The highest BCUT2D eigenvalue weighted by Crippen LogP contribution is 2.57. The van der Waals surface area contributed by atoms with Gasteiger partial charge in [-0.15, -0.1) is 11.3 Å². The number of nitriles is 1. The Balaban J connectivity index is 2.33. The molecule has 1 unspecified atom stereocenters. The number of thiophene rings is 1. The Morgan fingerprint density at radius 3 is 2.53 bits per heavy atom. The summed E-state index contributed by atoms with van der Waals surface area (Å²) in [7, 11) is 4.10. The third kappa shape index (κ3) is 1.96. The van der Waals surface area contributed by atoms with Gasteiger partial charge in [-0.25, -0.2) is 0 Å². The summed E-state index contributed by atoms with van der Waals surface area (Å²) in [4.78, 5) is 3.44. The molecule has 1 aliphatic carbocycles. The number of hydrogen-bond donors (Lipinski definition) is 0. The molecular weight excluding hydrogens is 272 g/mol. The first-order valence-electron chi connectivity index (χ1n) is 4.92. The van der Waals surface area contributed by atoms with Gasteiger partial charge in [0.2, 0.25) is 0 Å². The average molecular weight is 285 g/mol. The van der Waals surface area contributed by atoms with E-state index in [1.54, 1.807) is 11.3 Å². The van der Waals surface area contributed by atoms with Crippen LogP contribution in [0.15, 0.2) is 15.9 Å². The van der Waals surface area contributed by atoms with Gasteiger partial charge in [-0.1, -0.05) is 0 Å². The lowest BCUT2D eigenvalue weighted by Gasteiger charge is -2.27. The van der Waals surface area contributed by atoms with Gasteiger partial charge < -0.3 is 4.90 Å². The van der Waals surface area contributed by atoms with Gasteiger partial charge in [0.1, 0.15) is 0 Å². The molecule has 1 aromatic heterocycles. The molecule has 2 nitrogen and oxygen atoms in total. The van der Waals surface area contributed by atoms with E-state index in [2.05, 4.69) is 53.1 Å². The summed E-state index contributed by atoms with van der Waals surface area (Å²) in [5.41, 5.74) is -0.131. The number of rotatable bonds is 3. The SMILES string of the molecule is CN(C)C(c1ccc(Br)s1)C1(C#N)CC1. The van der Waals surface area contributed by atoms with Gasteiger partial charge in [0.05, 0.1) is 21.3 Å². The Kier molecular flexibility index (Phi) is 2.89. The van der Waals surface area contributed by atoms with Gasteiger partial charge >= 0.3 is 0 Å². The van der Waals surface area contributed by atoms with Crippen LogP contribution in [0.25, 0.3) is 0 Å². The second-order valence-electron chi connectivity index (χ2n) is 4.28. The fraction of sp³-hybridized carbons (Fsp3) is 0.545. The molecule has 1 atom stereocenters. The minimum Gasteiger partial charge on any atom is -0.300 e. The molecule has 0 radical (unpaired) electrons. The van der Waals surface area contributed by atoms with Crippen LogP contribution in [0.4, 0.5) is 0 Å². The van der Waals surface area contributed by atoms with Gasteiger partial charge in [0, 0.05) is 4.88 Å². The van der Waals surface area contributed by atoms with Crippen molar-refractivity contribution in [1.29, 1.82) is 5.26 Å². The van der Waals surface area contributed by atoms with E-state index in [4.69, 9.17) is 0 Å². The second kappa shape index (κ2) is 3.89. The van der Waals surface area contributed by atoms with Gasteiger partial charge in [-0.3, -0.25) is 0 Å². The number of halogens is 1. The van der Waals surface area contributed by atoms with E-state index in [0.717, 1.165) is 16.6 Å². The van der Waals surface area contributed by atoms with Crippen molar-refractivity contribution in [3.05, 3.63) is 20.8 Å². The standard InChI is InChI=1S/C11H13BrN2S/c1-14(2)10(11(7-13)5-6-11)8-3-4-9(12)15-8/h3-4,10H,5-6H2,1-2H3. The Hall–Kier alpha value is -0.370. The van der Waals surface area contributed by atoms with Crippen LogP contribution in [-0.2, 0) is 0 Å². The third-order valence-electron chi connectivity index (χ3n) is 2.91. The minimum absolute atomic E-state index is 0.131. The van der Waals surface area contributed by atoms with Crippen molar-refractivity contribution in [2.75, 3.05) is 14.1 Å². The van der Waals surface area contributed by atoms with E-state index in [-0.39, 0.29) is 11.5 Å². The largest absolute Gasteiger partial charge is 0.300 e. The quantitative estimate of drug-likeness (QED) is 0.851. The Morgan fingerprint density at radius 1 is 1.53 bits per heavy atom. The van der Waals surface area contributed by atoms with Gasteiger partial charge in [-0.2, -0.15) is 5.26 Å². The second-order valence-corrected chi connectivity index (χ2v) is 6.77. The maximum absolute atomic E-state index is 9.26. The molecule has 0 aromatic carbocycles. The van der Waals surface area contributed by atoms with Crippen LogP contribution in [0.3, 0.4) is 0 Å². The first kappa shape index (κ1) is 11.1. The van der Waals surface area contributed by atoms with Crippen LogP contribution >= 0.6 is 27.3 Å². The summed E-state index contributed by atoms with van der Waals surface area (Å²) in [6.45, 7) is 0. The molecule has 1 aromatic rings. The Labute approximate surface area is 103 Å². The van der Waals surface area contributed by atoms with Crippen LogP contribution in [0, 0.1) is 16.7 Å². The number of nitrogens with zero attached hydrogens (tertiary/aromatic N) is 2. The highest BCUT2D eigenvalue weighted by atomic mass is 79.9. The lowest BCUT2D eigenvalue weighted by atomic mass is 9.96.